The van der Waals surface area contributed by atoms with Gasteiger partial charge in [0.15, 0.2) is 11.5 Å². The Bertz CT molecular complexity index is 948. The fourth-order valence-corrected chi connectivity index (χ4v) is 4.58. The Hall–Kier alpha value is -2.46. The van der Waals surface area contributed by atoms with Gasteiger partial charge in [0.1, 0.15) is 5.75 Å². The van der Waals surface area contributed by atoms with E-state index in [1.54, 1.807) is 24.3 Å². The normalized spacial score (nSPS) is 12.7. The van der Waals surface area contributed by atoms with Crippen molar-refractivity contribution < 1.29 is 20.1 Å². The smallest absolute Gasteiger partial charge is 0.160 e. The number of aryl methyl sites for hydroxylation is 1. The Balaban J connectivity index is 0.000000659. The van der Waals surface area contributed by atoms with Crippen molar-refractivity contribution in [3.05, 3.63) is 65.2 Å². The monoisotopic (exact) mass is 570 g/mol. The lowest BCUT2D eigenvalue weighted by atomic mass is 9.91. The second-order valence-corrected chi connectivity index (χ2v) is 12.5. The molecular weight excluding hydrogens is 508 g/mol. The van der Waals surface area contributed by atoms with Gasteiger partial charge in [0, 0.05) is 0 Å². The van der Waals surface area contributed by atoms with Gasteiger partial charge in [-0.05, 0) is 79.7 Å². The predicted octanol–water partition coefficient (Wildman–Crippen LogP) is 10.6. The molecule has 41 heavy (non-hydrogen) atoms. The first-order valence-electron chi connectivity index (χ1n) is 15.8. The summed E-state index contributed by atoms with van der Waals surface area (Å²) in [5.74, 6) is 4.20. The van der Waals surface area contributed by atoms with Gasteiger partial charge in [-0.2, -0.15) is 0 Å². The highest BCUT2D eigenvalue weighted by atomic mass is 16.5. The van der Waals surface area contributed by atoms with E-state index in [1.807, 2.05) is 25.1 Å². The number of hydrogen-bond acceptors (Lipinski definition) is 4. The molecule has 0 aliphatic heterocycles. The van der Waals surface area contributed by atoms with E-state index >= 15 is 0 Å². The molecule has 2 atom stereocenters. The van der Waals surface area contributed by atoms with Crippen molar-refractivity contribution in [3.63, 3.8) is 0 Å². The third kappa shape index (κ3) is 20.1. The Morgan fingerprint density at radius 1 is 0.780 bits per heavy atom. The van der Waals surface area contributed by atoms with Gasteiger partial charge in [0.2, 0.25) is 0 Å². The van der Waals surface area contributed by atoms with Crippen LogP contribution in [0, 0.1) is 24.7 Å². The molecule has 0 fully saturated rings. The van der Waals surface area contributed by atoms with Crippen LogP contribution in [0.1, 0.15) is 123 Å². The van der Waals surface area contributed by atoms with Gasteiger partial charge in [-0.25, -0.2) is 0 Å². The quantitative estimate of drug-likeness (QED) is 0.186. The summed E-state index contributed by atoms with van der Waals surface area (Å²) in [6.07, 6.45) is 14.1. The van der Waals surface area contributed by atoms with E-state index in [4.69, 9.17) is 14.9 Å². The summed E-state index contributed by atoms with van der Waals surface area (Å²) in [4.78, 5) is 0. The molecule has 0 radical (unpaired) electrons. The van der Waals surface area contributed by atoms with E-state index < -0.39 is 0 Å². The second-order valence-electron chi connectivity index (χ2n) is 12.5. The lowest BCUT2D eigenvalue weighted by Crippen LogP contribution is -2.00. The molecule has 0 spiro atoms. The van der Waals surface area contributed by atoms with Crippen molar-refractivity contribution in [2.24, 2.45) is 17.8 Å². The standard InChI is InChI=1S/C20H40O.C10H14O.C7H8O2/c1-17(2)9-6-10-18(3)11-7-12-19(4)13-8-14-20(5)15-16-21;1-7(2)9-5-4-8(3)10(11)6-9;1-9-7-5-3-2-4-6(7)8/h15,17-19,21H,6-14,16H2,1-5H3;4-7,11H,1-3H3;2-5,8H,1H3/b20-15+;;. The molecule has 2 rings (SSSR count). The average molecular weight is 571 g/mol. The molecule has 0 aliphatic carbocycles. The van der Waals surface area contributed by atoms with Crippen LogP contribution in [0.2, 0.25) is 0 Å². The van der Waals surface area contributed by atoms with Crippen LogP contribution in [0.5, 0.6) is 17.2 Å². The van der Waals surface area contributed by atoms with Gasteiger partial charge in [-0.15, -0.1) is 0 Å². The number of phenols is 2. The summed E-state index contributed by atoms with van der Waals surface area (Å²) in [6.45, 7) is 17.9. The number of ether oxygens (including phenoxy) is 1. The molecule has 3 N–H and O–H groups in total. The maximum Gasteiger partial charge on any atom is 0.160 e. The highest BCUT2D eigenvalue weighted by Crippen LogP contribution is 2.24. The van der Waals surface area contributed by atoms with E-state index in [0.717, 1.165) is 29.7 Å². The molecule has 0 amide bonds. The van der Waals surface area contributed by atoms with Crippen LogP contribution in [0.3, 0.4) is 0 Å². The maximum absolute atomic E-state index is 9.35. The number of phenolic OH excluding ortho intramolecular Hbond substituents is 2. The third-order valence-corrected chi connectivity index (χ3v) is 7.57. The lowest BCUT2D eigenvalue weighted by molar-refractivity contribution is 0.341. The number of rotatable bonds is 15. The molecule has 0 bridgehead atoms. The Kier molecular flexibility index (Phi) is 21.8. The van der Waals surface area contributed by atoms with Crippen LogP contribution < -0.4 is 4.74 Å². The molecule has 4 heteroatoms. The van der Waals surface area contributed by atoms with Crippen LogP contribution in [-0.2, 0) is 0 Å². The minimum Gasteiger partial charge on any atom is -0.508 e. The van der Waals surface area contributed by atoms with Crippen molar-refractivity contribution in [1.82, 2.24) is 0 Å². The Morgan fingerprint density at radius 3 is 1.80 bits per heavy atom. The molecular formula is C37H62O4. The fourth-order valence-electron chi connectivity index (χ4n) is 4.58. The lowest BCUT2D eigenvalue weighted by Gasteiger charge is -2.15. The number of allylic oxidation sites excluding steroid dienone is 1. The first-order valence-corrected chi connectivity index (χ1v) is 15.8. The second kappa shape index (κ2) is 23.1. The number of methoxy groups -OCH3 is 1. The van der Waals surface area contributed by atoms with E-state index in [1.165, 1.54) is 69.6 Å². The van der Waals surface area contributed by atoms with E-state index in [0.29, 0.717) is 17.4 Å². The zero-order valence-corrected chi connectivity index (χ0v) is 27.7. The van der Waals surface area contributed by atoms with E-state index in [-0.39, 0.29) is 12.4 Å². The molecule has 0 saturated carbocycles. The number of hydrogen-bond donors (Lipinski definition) is 3. The van der Waals surface area contributed by atoms with Crippen LogP contribution in [-0.4, -0.2) is 29.0 Å². The highest BCUT2D eigenvalue weighted by Gasteiger charge is 2.07. The topological polar surface area (TPSA) is 69.9 Å². The largest absolute Gasteiger partial charge is 0.508 e. The maximum atomic E-state index is 9.35. The summed E-state index contributed by atoms with van der Waals surface area (Å²) >= 11 is 0. The molecule has 4 nitrogen and oxygen atoms in total. The molecule has 2 aromatic rings. The van der Waals surface area contributed by atoms with E-state index in [2.05, 4.69) is 54.5 Å². The molecule has 234 valence electrons. The number of aliphatic hydroxyl groups is 1. The molecule has 0 aromatic heterocycles. The van der Waals surface area contributed by atoms with Crippen LogP contribution in [0.15, 0.2) is 54.1 Å². The van der Waals surface area contributed by atoms with Gasteiger partial charge in [0.25, 0.3) is 0 Å². The van der Waals surface area contributed by atoms with E-state index in [9.17, 15) is 5.11 Å². The van der Waals surface area contributed by atoms with Crippen LogP contribution >= 0.6 is 0 Å². The summed E-state index contributed by atoms with van der Waals surface area (Å²) in [5.41, 5.74) is 3.46. The minimum absolute atomic E-state index is 0.181. The summed E-state index contributed by atoms with van der Waals surface area (Å²) in [5, 5.41) is 27.2. The first kappa shape index (κ1) is 38.5. The predicted molar refractivity (Wildman–Crippen MR) is 177 cm³/mol. The Morgan fingerprint density at radius 2 is 1.34 bits per heavy atom. The first-order chi connectivity index (χ1) is 19.4. The molecule has 2 aromatic carbocycles. The van der Waals surface area contributed by atoms with Gasteiger partial charge in [0.05, 0.1) is 13.7 Å². The molecule has 2 unspecified atom stereocenters. The van der Waals surface area contributed by atoms with Crippen molar-refractivity contribution in [2.45, 2.75) is 119 Å². The summed E-state index contributed by atoms with van der Waals surface area (Å²) in [6, 6.07) is 12.7. The highest BCUT2D eigenvalue weighted by molar-refractivity contribution is 5.37. The number of para-hydroxylation sites is 2. The summed E-state index contributed by atoms with van der Waals surface area (Å²) in [7, 11) is 1.52. The van der Waals surface area contributed by atoms with Gasteiger partial charge < -0.3 is 20.1 Å². The zero-order chi connectivity index (χ0) is 31.2. The van der Waals surface area contributed by atoms with Crippen molar-refractivity contribution in [2.75, 3.05) is 13.7 Å². The molecule has 0 aliphatic rings. The van der Waals surface area contributed by atoms with Gasteiger partial charge >= 0.3 is 0 Å². The third-order valence-electron chi connectivity index (χ3n) is 7.57. The van der Waals surface area contributed by atoms with Crippen molar-refractivity contribution in [3.8, 4) is 17.2 Å². The Labute approximate surface area is 252 Å². The van der Waals surface area contributed by atoms with Gasteiger partial charge in [-0.3, -0.25) is 0 Å². The minimum atomic E-state index is 0.181. The number of aliphatic hydroxyl groups excluding tert-OH is 1. The number of benzene rings is 2. The fraction of sp³-hybridized carbons (Fsp3) is 0.622. The van der Waals surface area contributed by atoms with Crippen LogP contribution in [0.25, 0.3) is 0 Å². The molecule has 0 heterocycles. The molecule has 0 saturated heterocycles. The van der Waals surface area contributed by atoms with Crippen molar-refractivity contribution in [1.29, 1.82) is 0 Å². The van der Waals surface area contributed by atoms with Crippen molar-refractivity contribution >= 4 is 0 Å². The SMILES string of the molecule is C/C(=C\CO)CCCC(C)CCCC(C)CCCC(C)C.COc1ccccc1O.Cc1ccc(C(C)C)cc1O. The number of aromatic hydroxyl groups is 2. The average Bonchev–Trinajstić information content (AvgIpc) is 2.91. The van der Waals surface area contributed by atoms with Crippen LogP contribution in [0.4, 0.5) is 0 Å². The zero-order valence-electron chi connectivity index (χ0n) is 27.7. The summed E-state index contributed by atoms with van der Waals surface area (Å²) < 4.78 is 4.79. The van der Waals surface area contributed by atoms with Gasteiger partial charge in [-0.1, -0.05) is 122 Å².